The van der Waals surface area contributed by atoms with Crippen LogP contribution in [0.25, 0.3) is 0 Å². The number of hydrogen-bond acceptors (Lipinski definition) is 2. The Bertz CT molecular complexity index is 366. The van der Waals surface area contributed by atoms with Crippen molar-refractivity contribution in [3.8, 4) is 0 Å². The van der Waals surface area contributed by atoms with Gasteiger partial charge in [0.05, 0.1) is 6.61 Å². The van der Waals surface area contributed by atoms with Gasteiger partial charge >= 0.3 is 5.97 Å². The number of carbonyl (C=O) groups excluding carboxylic acids is 1. The molecule has 17 heavy (non-hydrogen) atoms. The second-order valence-electron chi connectivity index (χ2n) is 4.07. The molecule has 0 fully saturated rings. The maximum Gasteiger partial charge on any atom is 0.333 e. The molecule has 0 aromatic heterocycles. The van der Waals surface area contributed by atoms with Gasteiger partial charge in [-0.3, -0.25) is 0 Å². The van der Waals surface area contributed by atoms with Gasteiger partial charge in [0.2, 0.25) is 0 Å². The molecule has 0 radical (unpaired) electrons. The fourth-order valence-corrected chi connectivity index (χ4v) is 1.39. The highest BCUT2D eigenvalue weighted by atomic mass is 16.5. The van der Waals surface area contributed by atoms with Crippen LogP contribution in [0.4, 0.5) is 0 Å². The van der Waals surface area contributed by atoms with E-state index in [4.69, 9.17) is 4.74 Å². The van der Waals surface area contributed by atoms with Crippen molar-refractivity contribution >= 4 is 5.97 Å². The summed E-state index contributed by atoms with van der Waals surface area (Å²) in [6.45, 7) is 4.40. The van der Waals surface area contributed by atoms with E-state index in [2.05, 4.69) is 6.92 Å². The molecule has 0 saturated heterocycles. The second kappa shape index (κ2) is 7.66. The number of allylic oxidation sites excluding steroid dienone is 1. The lowest BCUT2D eigenvalue weighted by Gasteiger charge is -2.04. The predicted octanol–water partition coefficient (Wildman–Crippen LogP) is 3.52. The normalized spacial score (nSPS) is 11.3. The van der Waals surface area contributed by atoms with Crippen LogP contribution in [0.2, 0.25) is 0 Å². The van der Waals surface area contributed by atoms with Crippen LogP contribution in [0.1, 0.15) is 32.3 Å². The van der Waals surface area contributed by atoms with E-state index < -0.39 is 0 Å². The monoisotopic (exact) mass is 232 g/mol. The maximum absolute atomic E-state index is 11.5. The number of rotatable bonds is 6. The number of ether oxygens (including phenoxy) is 1. The highest BCUT2D eigenvalue weighted by molar-refractivity contribution is 5.87. The van der Waals surface area contributed by atoms with E-state index in [1.165, 1.54) is 5.56 Å². The first-order valence-electron chi connectivity index (χ1n) is 6.12. The van der Waals surface area contributed by atoms with E-state index in [9.17, 15) is 4.79 Å². The molecule has 2 heteroatoms. The molecule has 0 unspecified atom stereocenters. The summed E-state index contributed by atoms with van der Waals surface area (Å²) in [6, 6.07) is 10.1. The number of hydrogen-bond donors (Lipinski definition) is 0. The summed E-state index contributed by atoms with van der Waals surface area (Å²) in [5, 5.41) is 0. The molecule has 0 amide bonds. The molecule has 0 saturated carbocycles. The third-order valence-corrected chi connectivity index (χ3v) is 2.54. The third kappa shape index (κ3) is 5.34. The molecule has 92 valence electrons. The van der Waals surface area contributed by atoms with Gasteiger partial charge in [-0.05, 0) is 25.3 Å². The minimum Gasteiger partial charge on any atom is -0.462 e. The summed E-state index contributed by atoms with van der Waals surface area (Å²) in [4.78, 5) is 11.5. The Morgan fingerprint density at radius 2 is 2.00 bits per heavy atom. The van der Waals surface area contributed by atoms with Crippen molar-refractivity contribution in [3.63, 3.8) is 0 Å². The van der Waals surface area contributed by atoms with Gasteiger partial charge in [0.25, 0.3) is 0 Å². The van der Waals surface area contributed by atoms with Crippen molar-refractivity contribution in [2.24, 2.45) is 0 Å². The number of esters is 1. The van der Waals surface area contributed by atoms with E-state index >= 15 is 0 Å². The molecule has 1 aromatic carbocycles. The Kier molecular flexibility index (Phi) is 6.08. The van der Waals surface area contributed by atoms with Crippen LogP contribution in [0.3, 0.4) is 0 Å². The van der Waals surface area contributed by atoms with Gasteiger partial charge in [0, 0.05) is 5.57 Å². The Labute approximate surface area is 103 Å². The smallest absolute Gasteiger partial charge is 0.333 e. The molecule has 0 aliphatic heterocycles. The van der Waals surface area contributed by atoms with E-state index in [1.807, 2.05) is 36.4 Å². The molecule has 0 spiro atoms. The molecule has 0 aliphatic rings. The van der Waals surface area contributed by atoms with Gasteiger partial charge in [0.1, 0.15) is 0 Å². The molecule has 0 atom stereocenters. The van der Waals surface area contributed by atoms with Crippen LogP contribution in [0.15, 0.2) is 42.0 Å². The molecule has 2 nitrogen and oxygen atoms in total. The Morgan fingerprint density at radius 1 is 1.29 bits per heavy atom. The Hall–Kier alpha value is -1.57. The van der Waals surface area contributed by atoms with Gasteiger partial charge in [0.15, 0.2) is 0 Å². The molecular formula is C15H20O2. The first-order valence-corrected chi connectivity index (χ1v) is 6.12. The summed E-state index contributed by atoms with van der Waals surface area (Å²) >= 11 is 0. The number of carbonyl (C=O) groups is 1. The lowest BCUT2D eigenvalue weighted by Crippen LogP contribution is -2.07. The number of unbranched alkanes of at least 4 members (excludes halogenated alkanes) is 1. The van der Waals surface area contributed by atoms with Gasteiger partial charge < -0.3 is 4.74 Å². The average molecular weight is 232 g/mol. The zero-order valence-electron chi connectivity index (χ0n) is 10.6. The lowest BCUT2D eigenvalue weighted by molar-refractivity contribution is -0.139. The SMILES string of the molecule is CCCCOC(=O)C(C)=CCc1ccccc1. The standard InChI is InChI=1S/C15H20O2/c1-3-4-12-17-15(16)13(2)10-11-14-8-6-5-7-9-14/h5-10H,3-4,11-12H2,1-2H3. The average Bonchev–Trinajstić information content (AvgIpc) is 2.37. The Balaban J connectivity index is 2.41. The predicted molar refractivity (Wildman–Crippen MR) is 69.8 cm³/mol. The highest BCUT2D eigenvalue weighted by Crippen LogP contribution is 2.04. The zero-order valence-corrected chi connectivity index (χ0v) is 10.6. The van der Waals surface area contributed by atoms with Crippen molar-refractivity contribution in [2.75, 3.05) is 6.61 Å². The van der Waals surface area contributed by atoms with Crippen LogP contribution in [-0.4, -0.2) is 12.6 Å². The van der Waals surface area contributed by atoms with Crippen LogP contribution in [-0.2, 0) is 16.0 Å². The lowest BCUT2D eigenvalue weighted by atomic mass is 10.1. The zero-order chi connectivity index (χ0) is 12.5. The molecule has 0 bridgehead atoms. The maximum atomic E-state index is 11.5. The highest BCUT2D eigenvalue weighted by Gasteiger charge is 2.04. The summed E-state index contributed by atoms with van der Waals surface area (Å²) < 4.78 is 5.13. The first kappa shape index (κ1) is 13.5. The third-order valence-electron chi connectivity index (χ3n) is 2.54. The topological polar surface area (TPSA) is 26.3 Å². The first-order chi connectivity index (χ1) is 8.24. The quantitative estimate of drug-likeness (QED) is 0.426. The van der Waals surface area contributed by atoms with Crippen molar-refractivity contribution < 1.29 is 9.53 Å². The molecule has 0 heterocycles. The van der Waals surface area contributed by atoms with Crippen LogP contribution < -0.4 is 0 Å². The van der Waals surface area contributed by atoms with Crippen molar-refractivity contribution in [1.82, 2.24) is 0 Å². The molecule has 0 N–H and O–H groups in total. The minimum absolute atomic E-state index is 0.200. The summed E-state index contributed by atoms with van der Waals surface area (Å²) in [7, 11) is 0. The molecule has 1 rings (SSSR count). The second-order valence-corrected chi connectivity index (χ2v) is 4.07. The fourth-order valence-electron chi connectivity index (χ4n) is 1.39. The summed E-state index contributed by atoms with van der Waals surface area (Å²) in [5.74, 6) is -0.200. The van der Waals surface area contributed by atoms with E-state index in [1.54, 1.807) is 6.92 Å². The van der Waals surface area contributed by atoms with Gasteiger partial charge in [-0.1, -0.05) is 49.8 Å². The van der Waals surface area contributed by atoms with E-state index in [0.717, 1.165) is 19.3 Å². The Morgan fingerprint density at radius 3 is 2.65 bits per heavy atom. The molecule has 0 aliphatic carbocycles. The minimum atomic E-state index is -0.200. The largest absolute Gasteiger partial charge is 0.462 e. The van der Waals surface area contributed by atoms with Crippen molar-refractivity contribution in [3.05, 3.63) is 47.5 Å². The van der Waals surface area contributed by atoms with Gasteiger partial charge in [-0.15, -0.1) is 0 Å². The summed E-state index contributed by atoms with van der Waals surface area (Å²) in [6.07, 6.45) is 4.66. The fraction of sp³-hybridized carbons (Fsp3) is 0.400. The number of benzene rings is 1. The van der Waals surface area contributed by atoms with Crippen LogP contribution in [0.5, 0.6) is 0 Å². The summed E-state index contributed by atoms with van der Waals surface area (Å²) in [5.41, 5.74) is 1.89. The molecular weight excluding hydrogens is 212 g/mol. The van der Waals surface area contributed by atoms with Crippen LogP contribution in [0, 0.1) is 0 Å². The van der Waals surface area contributed by atoms with Gasteiger partial charge in [-0.25, -0.2) is 4.79 Å². The molecule has 1 aromatic rings. The van der Waals surface area contributed by atoms with E-state index in [0.29, 0.717) is 12.2 Å². The van der Waals surface area contributed by atoms with Crippen molar-refractivity contribution in [1.29, 1.82) is 0 Å². The van der Waals surface area contributed by atoms with Gasteiger partial charge in [-0.2, -0.15) is 0 Å². The van der Waals surface area contributed by atoms with Crippen LogP contribution >= 0.6 is 0 Å². The van der Waals surface area contributed by atoms with Crippen molar-refractivity contribution in [2.45, 2.75) is 33.1 Å². The van der Waals surface area contributed by atoms with E-state index in [-0.39, 0.29) is 5.97 Å².